The van der Waals surface area contributed by atoms with E-state index in [1.54, 1.807) is 23.0 Å². The maximum atomic E-state index is 5.79. The molecule has 0 radical (unpaired) electrons. The molecule has 0 aromatic carbocycles. The second-order valence-electron chi connectivity index (χ2n) is 3.73. The van der Waals surface area contributed by atoms with Gasteiger partial charge in [0.25, 0.3) is 0 Å². The summed E-state index contributed by atoms with van der Waals surface area (Å²) in [7, 11) is 0. The van der Waals surface area contributed by atoms with E-state index in [2.05, 4.69) is 15.1 Å². The number of nitrogens with zero attached hydrogens (tertiary/aromatic N) is 4. The van der Waals surface area contributed by atoms with Crippen LogP contribution >= 0.6 is 0 Å². The minimum Gasteiger partial charge on any atom is -0.484 e. The molecule has 3 aromatic heterocycles. The van der Waals surface area contributed by atoms with E-state index >= 15 is 0 Å². The van der Waals surface area contributed by atoms with Crippen molar-refractivity contribution >= 4 is 11.5 Å². The Morgan fingerprint density at radius 3 is 2.94 bits per heavy atom. The Kier molecular flexibility index (Phi) is 2.53. The summed E-state index contributed by atoms with van der Waals surface area (Å²) in [6.45, 7) is 0.285. The monoisotopic (exact) mass is 241 g/mol. The van der Waals surface area contributed by atoms with Gasteiger partial charge in [0.2, 0.25) is 0 Å². The molecule has 2 N–H and O–H groups in total. The SMILES string of the molecule is Nc1cccc2nc(COc3cccnc3)nn12. The van der Waals surface area contributed by atoms with Crippen LogP contribution in [0.2, 0.25) is 0 Å². The largest absolute Gasteiger partial charge is 0.484 e. The van der Waals surface area contributed by atoms with Gasteiger partial charge >= 0.3 is 0 Å². The molecule has 6 nitrogen and oxygen atoms in total. The first kappa shape index (κ1) is 10.5. The van der Waals surface area contributed by atoms with Crippen LogP contribution in [0.15, 0.2) is 42.7 Å². The Bertz CT molecular complexity index is 665. The van der Waals surface area contributed by atoms with Crippen molar-refractivity contribution in [2.75, 3.05) is 5.73 Å². The molecule has 0 unspecified atom stereocenters. The Labute approximate surface area is 103 Å². The standard InChI is InChI=1S/C12H11N5O/c13-10-4-1-5-12-15-11(16-17(10)12)8-18-9-3-2-6-14-7-9/h1-7H,8,13H2. The topological polar surface area (TPSA) is 78.3 Å². The van der Waals surface area contributed by atoms with Crippen LogP contribution in [0, 0.1) is 0 Å². The van der Waals surface area contributed by atoms with E-state index in [-0.39, 0.29) is 6.61 Å². The number of ether oxygens (including phenoxy) is 1. The summed E-state index contributed by atoms with van der Waals surface area (Å²) in [6.07, 6.45) is 3.33. The molecule has 0 spiro atoms. The van der Waals surface area contributed by atoms with Crippen molar-refractivity contribution in [2.45, 2.75) is 6.61 Å². The molecule has 0 saturated heterocycles. The summed E-state index contributed by atoms with van der Waals surface area (Å²) < 4.78 is 7.11. The molecular formula is C12H11N5O. The van der Waals surface area contributed by atoms with Gasteiger partial charge < -0.3 is 10.5 Å². The maximum absolute atomic E-state index is 5.79. The van der Waals surface area contributed by atoms with E-state index in [0.29, 0.717) is 23.0 Å². The molecule has 0 amide bonds. The molecule has 0 atom stereocenters. The van der Waals surface area contributed by atoms with Crippen molar-refractivity contribution in [3.63, 3.8) is 0 Å². The molecule has 0 fully saturated rings. The number of nitrogens with two attached hydrogens (primary N) is 1. The fraction of sp³-hybridized carbons (Fsp3) is 0.0833. The summed E-state index contributed by atoms with van der Waals surface area (Å²) in [6, 6.07) is 9.09. The first-order chi connectivity index (χ1) is 8.83. The normalized spacial score (nSPS) is 10.7. The molecule has 0 aliphatic rings. The molecule has 18 heavy (non-hydrogen) atoms. The van der Waals surface area contributed by atoms with Gasteiger partial charge in [-0.05, 0) is 24.3 Å². The van der Waals surface area contributed by atoms with Crippen LogP contribution in [-0.4, -0.2) is 19.6 Å². The Morgan fingerprint density at radius 2 is 2.17 bits per heavy atom. The molecule has 3 heterocycles. The van der Waals surface area contributed by atoms with Gasteiger partial charge in [-0.3, -0.25) is 4.98 Å². The first-order valence-electron chi connectivity index (χ1n) is 5.46. The Hall–Kier alpha value is -2.63. The van der Waals surface area contributed by atoms with Crippen molar-refractivity contribution in [1.29, 1.82) is 0 Å². The number of nitrogen functional groups attached to an aromatic ring is 1. The summed E-state index contributed by atoms with van der Waals surface area (Å²) in [5.74, 6) is 1.81. The van der Waals surface area contributed by atoms with Crippen LogP contribution in [0.3, 0.4) is 0 Å². The molecule has 0 aliphatic heterocycles. The molecule has 90 valence electrons. The van der Waals surface area contributed by atoms with Gasteiger partial charge in [0, 0.05) is 6.20 Å². The van der Waals surface area contributed by atoms with Gasteiger partial charge in [0.05, 0.1) is 6.20 Å². The predicted octanol–water partition coefficient (Wildman–Crippen LogP) is 1.29. The average Bonchev–Trinajstić information content (AvgIpc) is 2.82. The van der Waals surface area contributed by atoms with Crippen molar-refractivity contribution in [3.8, 4) is 5.75 Å². The smallest absolute Gasteiger partial charge is 0.189 e. The lowest BCUT2D eigenvalue weighted by molar-refractivity contribution is 0.295. The summed E-state index contributed by atoms with van der Waals surface area (Å²) in [4.78, 5) is 8.28. The highest BCUT2D eigenvalue weighted by Gasteiger charge is 2.05. The third-order valence-corrected chi connectivity index (χ3v) is 2.44. The van der Waals surface area contributed by atoms with E-state index in [9.17, 15) is 0 Å². The number of aromatic nitrogens is 4. The molecule has 0 bridgehead atoms. The summed E-state index contributed by atoms with van der Waals surface area (Å²) >= 11 is 0. The minimum absolute atomic E-state index is 0.285. The van der Waals surface area contributed by atoms with Crippen LogP contribution in [0.1, 0.15) is 5.82 Å². The van der Waals surface area contributed by atoms with E-state index in [1.165, 1.54) is 0 Å². The molecule has 3 rings (SSSR count). The maximum Gasteiger partial charge on any atom is 0.189 e. The van der Waals surface area contributed by atoms with Crippen LogP contribution in [0.4, 0.5) is 5.82 Å². The van der Waals surface area contributed by atoms with Gasteiger partial charge in [-0.1, -0.05) is 6.07 Å². The van der Waals surface area contributed by atoms with Gasteiger partial charge in [-0.2, -0.15) is 4.52 Å². The third kappa shape index (κ3) is 1.95. The van der Waals surface area contributed by atoms with E-state index < -0.39 is 0 Å². The second-order valence-corrected chi connectivity index (χ2v) is 3.73. The molecule has 0 aliphatic carbocycles. The lowest BCUT2D eigenvalue weighted by Crippen LogP contribution is -2.00. The fourth-order valence-electron chi connectivity index (χ4n) is 1.61. The van der Waals surface area contributed by atoms with Gasteiger partial charge in [-0.15, -0.1) is 5.10 Å². The summed E-state index contributed by atoms with van der Waals surface area (Å²) in [5, 5.41) is 4.26. The number of hydrogen-bond donors (Lipinski definition) is 1. The van der Waals surface area contributed by atoms with E-state index in [4.69, 9.17) is 10.5 Å². The molecular weight excluding hydrogens is 230 g/mol. The van der Waals surface area contributed by atoms with Gasteiger partial charge in [0.15, 0.2) is 11.5 Å². The zero-order valence-electron chi connectivity index (χ0n) is 9.52. The van der Waals surface area contributed by atoms with Crippen LogP contribution < -0.4 is 10.5 Å². The van der Waals surface area contributed by atoms with Crippen LogP contribution in [-0.2, 0) is 6.61 Å². The third-order valence-electron chi connectivity index (χ3n) is 2.44. The molecule has 0 saturated carbocycles. The number of pyridine rings is 2. The highest BCUT2D eigenvalue weighted by atomic mass is 16.5. The van der Waals surface area contributed by atoms with Crippen LogP contribution in [0.5, 0.6) is 5.75 Å². The fourth-order valence-corrected chi connectivity index (χ4v) is 1.61. The number of fused-ring (bicyclic) bond motifs is 1. The Balaban J connectivity index is 1.81. The number of rotatable bonds is 3. The van der Waals surface area contributed by atoms with Crippen molar-refractivity contribution in [2.24, 2.45) is 0 Å². The van der Waals surface area contributed by atoms with Gasteiger partial charge in [0.1, 0.15) is 18.2 Å². The Morgan fingerprint density at radius 1 is 1.22 bits per heavy atom. The predicted molar refractivity (Wildman–Crippen MR) is 66.0 cm³/mol. The quantitative estimate of drug-likeness (QED) is 0.747. The van der Waals surface area contributed by atoms with E-state index in [1.807, 2.05) is 24.3 Å². The zero-order chi connectivity index (χ0) is 12.4. The van der Waals surface area contributed by atoms with Crippen molar-refractivity contribution in [1.82, 2.24) is 19.6 Å². The van der Waals surface area contributed by atoms with Gasteiger partial charge in [-0.25, -0.2) is 4.98 Å². The highest BCUT2D eigenvalue weighted by Crippen LogP contribution is 2.10. The van der Waals surface area contributed by atoms with Crippen molar-refractivity contribution < 1.29 is 4.74 Å². The summed E-state index contributed by atoms with van der Waals surface area (Å²) in [5.41, 5.74) is 6.49. The van der Waals surface area contributed by atoms with E-state index in [0.717, 1.165) is 0 Å². The van der Waals surface area contributed by atoms with Crippen LogP contribution in [0.25, 0.3) is 5.65 Å². The second kappa shape index (κ2) is 4.33. The van der Waals surface area contributed by atoms with Crippen molar-refractivity contribution in [3.05, 3.63) is 48.5 Å². The lowest BCUT2D eigenvalue weighted by atomic mass is 10.4. The number of anilines is 1. The molecule has 3 aromatic rings. The average molecular weight is 241 g/mol. The lowest BCUT2D eigenvalue weighted by Gasteiger charge is -2.01. The zero-order valence-corrected chi connectivity index (χ0v) is 9.52. The number of hydrogen-bond acceptors (Lipinski definition) is 5. The molecule has 6 heteroatoms. The first-order valence-corrected chi connectivity index (χ1v) is 5.46. The highest BCUT2D eigenvalue weighted by molar-refractivity contribution is 5.45. The minimum atomic E-state index is 0.285.